The Morgan fingerprint density at radius 2 is 2.00 bits per heavy atom. The van der Waals surface area contributed by atoms with Crippen molar-refractivity contribution in [2.45, 2.75) is 20.4 Å². The normalized spacial score (nSPS) is 10.5. The van der Waals surface area contributed by atoms with Crippen molar-refractivity contribution in [2.24, 2.45) is 0 Å². The number of rotatable bonds is 4. The van der Waals surface area contributed by atoms with Crippen molar-refractivity contribution >= 4 is 11.6 Å². The van der Waals surface area contributed by atoms with Crippen LogP contribution < -0.4 is 10.1 Å². The lowest BCUT2D eigenvalue weighted by atomic mass is 10.2. The van der Waals surface area contributed by atoms with Gasteiger partial charge in [0.2, 0.25) is 5.88 Å². The number of hydrogen-bond donors (Lipinski definition) is 1. The summed E-state index contributed by atoms with van der Waals surface area (Å²) >= 11 is 6.00. The van der Waals surface area contributed by atoms with Crippen LogP contribution in [0.15, 0.2) is 30.3 Å². The maximum Gasteiger partial charge on any atom is 0.219 e. The molecule has 3 nitrogen and oxygen atoms in total. The fraction of sp³-hybridized carbons (Fsp3) is 0.267. The molecule has 0 fully saturated rings. The van der Waals surface area contributed by atoms with Gasteiger partial charge in [0, 0.05) is 23.3 Å². The number of benzene rings is 1. The Morgan fingerprint density at radius 3 is 2.68 bits per heavy atom. The number of hydrogen-bond acceptors (Lipinski definition) is 3. The summed E-state index contributed by atoms with van der Waals surface area (Å²) in [5, 5.41) is 3.85. The Bertz CT molecular complexity index is 584. The van der Waals surface area contributed by atoms with Gasteiger partial charge in [-0.15, -0.1) is 0 Å². The van der Waals surface area contributed by atoms with Gasteiger partial charge in [0.15, 0.2) is 0 Å². The van der Waals surface area contributed by atoms with Crippen LogP contribution in [-0.2, 0) is 6.54 Å². The number of pyridine rings is 1. The lowest BCUT2D eigenvalue weighted by Crippen LogP contribution is -2.06. The van der Waals surface area contributed by atoms with Crippen molar-refractivity contribution in [3.05, 3.63) is 52.2 Å². The monoisotopic (exact) mass is 276 g/mol. The first-order chi connectivity index (χ1) is 9.08. The summed E-state index contributed by atoms with van der Waals surface area (Å²) < 4.78 is 5.78. The second-order valence-corrected chi connectivity index (χ2v) is 4.91. The largest absolute Gasteiger partial charge is 0.439 e. The minimum atomic E-state index is 0.604. The fourth-order valence-corrected chi connectivity index (χ4v) is 1.98. The highest BCUT2D eigenvalue weighted by molar-refractivity contribution is 6.31. The van der Waals surface area contributed by atoms with Gasteiger partial charge in [-0.25, -0.2) is 4.98 Å². The smallest absolute Gasteiger partial charge is 0.219 e. The van der Waals surface area contributed by atoms with E-state index in [4.69, 9.17) is 16.3 Å². The molecule has 0 saturated heterocycles. The molecule has 1 N–H and O–H groups in total. The van der Waals surface area contributed by atoms with Crippen molar-refractivity contribution < 1.29 is 4.74 Å². The van der Waals surface area contributed by atoms with E-state index in [0.29, 0.717) is 5.88 Å². The summed E-state index contributed by atoms with van der Waals surface area (Å²) in [4.78, 5) is 4.38. The van der Waals surface area contributed by atoms with E-state index in [1.54, 1.807) is 0 Å². The van der Waals surface area contributed by atoms with Gasteiger partial charge in [-0.05, 0) is 56.3 Å². The predicted octanol–water partition coefficient (Wildman–Crippen LogP) is 3.86. The summed E-state index contributed by atoms with van der Waals surface area (Å²) in [5.41, 5.74) is 3.08. The van der Waals surface area contributed by atoms with E-state index in [-0.39, 0.29) is 0 Å². The Kier molecular flexibility index (Phi) is 4.40. The molecule has 0 aliphatic rings. The summed E-state index contributed by atoms with van der Waals surface area (Å²) in [6.45, 7) is 4.70. The number of aromatic nitrogens is 1. The Labute approximate surface area is 118 Å². The van der Waals surface area contributed by atoms with Crippen molar-refractivity contribution in [1.29, 1.82) is 0 Å². The van der Waals surface area contributed by atoms with Gasteiger partial charge < -0.3 is 10.1 Å². The lowest BCUT2D eigenvalue weighted by Gasteiger charge is -2.09. The molecule has 100 valence electrons. The summed E-state index contributed by atoms with van der Waals surface area (Å²) in [6.07, 6.45) is 0. The molecule has 1 heterocycles. The molecule has 0 spiro atoms. The van der Waals surface area contributed by atoms with Crippen molar-refractivity contribution in [3.63, 3.8) is 0 Å². The van der Waals surface area contributed by atoms with Crippen molar-refractivity contribution in [1.82, 2.24) is 10.3 Å². The van der Waals surface area contributed by atoms with Crippen LogP contribution in [0.4, 0.5) is 0 Å². The average Bonchev–Trinajstić information content (AvgIpc) is 2.33. The van der Waals surface area contributed by atoms with E-state index in [2.05, 4.69) is 10.3 Å². The van der Waals surface area contributed by atoms with Crippen LogP contribution in [0.2, 0.25) is 5.02 Å². The second kappa shape index (κ2) is 6.04. The molecule has 0 bridgehead atoms. The van der Waals surface area contributed by atoms with Crippen molar-refractivity contribution in [3.8, 4) is 11.6 Å². The molecule has 1 aromatic heterocycles. The van der Waals surface area contributed by atoms with Gasteiger partial charge in [-0.1, -0.05) is 11.6 Å². The maximum absolute atomic E-state index is 6.00. The first kappa shape index (κ1) is 13.8. The van der Waals surface area contributed by atoms with Crippen LogP contribution in [0.25, 0.3) is 0 Å². The first-order valence-corrected chi connectivity index (χ1v) is 6.52. The highest BCUT2D eigenvalue weighted by Gasteiger charge is 2.04. The third-order valence-corrected chi connectivity index (χ3v) is 3.15. The van der Waals surface area contributed by atoms with E-state index in [0.717, 1.165) is 34.1 Å². The predicted molar refractivity (Wildman–Crippen MR) is 78.0 cm³/mol. The molecule has 0 aliphatic heterocycles. The maximum atomic E-state index is 6.00. The fourth-order valence-electron chi connectivity index (χ4n) is 1.87. The summed E-state index contributed by atoms with van der Waals surface area (Å²) in [6, 6.07) is 9.56. The zero-order valence-corrected chi connectivity index (χ0v) is 12.1. The minimum Gasteiger partial charge on any atom is -0.439 e. The Hall–Kier alpha value is -1.58. The molecule has 0 saturated carbocycles. The van der Waals surface area contributed by atoms with Crippen LogP contribution in [0.1, 0.15) is 16.8 Å². The first-order valence-electron chi connectivity index (χ1n) is 6.14. The molecule has 0 atom stereocenters. The van der Waals surface area contributed by atoms with Crippen molar-refractivity contribution in [2.75, 3.05) is 7.05 Å². The topological polar surface area (TPSA) is 34.2 Å². The second-order valence-electron chi connectivity index (χ2n) is 4.50. The van der Waals surface area contributed by atoms with Crippen LogP contribution in [0.5, 0.6) is 11.6 Å². The Balaban J connectivity index is 2.24. The molecule has 1 aromatic carbocycles. The zero-order valence-electron chi connectivity index (χ0n) is 11.3. The number of aryl methyl sites for hydroxylation is 2. The van der Waals surface area contributed by atoms with Crippen LogP contribution in [0.3, 0.4) is 0 Å². The molecule has 19 heavy (non-hydrogen) atoms. The van der Waals surface area contributed by atoms with E-state index in [1.165, 1.54) is 0 Å². The average molecular weight is 277 g/mol. The van der Waals surface area contributed by atoms with Gasteiger partial charge in [-0.3, -0.25) is 0 Å². The number of ether oxygens (including phenoxy) is 1. The molecule has 0 unspecified atom stereocenters. The van der Waals surface area contributed by atoms with E-state index in [9.17, 15) is 0 Å². The number of halogens is 1. The third-order valence-electron chi connectivity index (χ3n) is 2.72. The number of nitrogens with zero attached hydrogens (tertiary/aromatic N) is 1. The molecule has 0 aliphatic carbocycles. The van der Waals surface area contributed by atoms with Crippen LogP contribution in [0, 0.1) is 13.8 Å². The molecular weight excluding hydrogens is 260 g/mol. The number of nitrogens with one attached hydrogen (secondary N) is 1. The van der Waals surface area contributed by atoms with E-state index >= 15 is 0 Å². The standard InChI is InChI=1S/C15H17ClN2O/c1-10-6-13(4-5-14(10)16)19-15-8-12(9-17-3)7-11(2)18-15/h4-8,17H,9H2,1-3H3. The van der Waals surface area contributed by atoms with Gasteiger partial charge in [0.05, 0.1) is 0 Å². The zero-order chi connectivity index (χ0) is 13.8. The minimum absolute atomic E-state index is 0.604. The van der Waals surface area contributed by atoms with Gasteiger partial charge in [-0.2, -0.15) is 0 Å². The van der Waals surface area contributed by atoms with Gasteiger partial charge in [0.1, 0.15) is 5.75 Å². The molecule has 0 amide bonds. The van der Waals surface area contributed by atoms with Gasteiger partial charge in [0.25, 0.3) is 0 Å². The van der Waals surface area contributed by atoms with Crippen LogP contribution in [-0.4, -0.2) is 12.0 Å². The lowest BCUT2D eigenvalue weighted by molar-refractivity contribution is 0.460. The molecule has 2 aromatic rings. The SMILES string of the molecule is CNCc1cc(C)nc(Oc2ccc(Cl)c(C)c2)c1. The van der Waals surface area contributed by atoms with Gasteiger partial charge >= 0.3 is 0 Å². The highest BCUT2D eigenvalue weighted by Crippen LogP contribution is 2.25. The molecule has 2 rings (SSSR count). The third kappa shape index (κ3) is 3.69. The highest BCUT2D eigenvalue weighted by atomic mass is 35.5. The van der Waals surface area contributed by atoms with E-state index < -0.39 is 0 Å². The molecular formula is C15H17ClN2O. The molecule has 0 radical (unpaired) electrons. The quantitative estimate of drug-likeness (QED) is 0.921. The summed E-state index contributed by atoms with van der Waals surface area (Å²) in [7, 11) is 1.92. The summed E-state index contributed by atoms with van der Waals surface area (Å²) in [5.74, 6) is 1.35. The van der Waals surface area contributed by atoms with E-state index in [1.807, 2.05) is 51.2 Å². The molecule has 4 heteroatoms. The van der Waals surface area contributed by atoms with Crippen LogP contribution >= 0.6 is 11.6 Å². The Morgan fingerprint density at radius 1 is 1.21 bits per heavy atom.